The first-order valence-corrected chi connectivity index (χ1v) is 5.60. The van der Waals surface area contributed by atoms with Crippen LogP contribution in [0.2, 0.25) is 0 Å². The van der Waals surface area contributed by atoms with Crippen LogP contribution >= 0.6 is 0 Å². The predicted molar refractivity (Wildman–Crippen MR) is 62.7 cm³/mol. The number of carbonyl (C=O) groups excluding carboxylic acids is 1. The molecule has 5 nitrogen and oxygen atoms in total. The Morgan fingerprint density at radius 2 is 2.38 bits per heavy atom. The van der Waals surface area contributed by atoms with Crippen molar-refractivity contribution < 1.29 is 4.79 Å². The highest BCUT2D eigenvalue weighted by Crippen LogP contribution is 2.08. The van der Waals surface area contributed by atoms with E-state index >= 15 is 0 Å². The zero-order valence-corrected chi connectivity index (χ0v) is 9.86. The van der Waals surface area contributed by atoms with Crippen molar-refractivity contribution in [1.29, 1.82) is 0 Å². The number of carbonyl (C=O) groups is 1. The third-order valence-electron chi connectivity index (χ3n) is 2.64. The second kappa shape index (κ2) is 6.27. The fourth-order valence-corrected chi connectivity index (χ4v) is 1.55. The number of amides is 1. The van der Waals surface area contributed by atoms with Gasteiger partial charge in [0.05, 0.1) is 12.2 Å². The van der Waals surface area contributed by atoms with E-state index in [1.54, 1.807) is 12.5 Å². The van der Waals surface area contributed by atoms with E-state index in [1.807, 2.05) is 13.8 Å². The standard InChI is InChI=1S/C11H20N4O/c1-8(2)10(5-12)11(16)14-4-3-9-6-13-7-15-9/h6-8,10H,3-5,12H2,1-2H3,(H,13,15)(H,14,16). The van der Waals surface area contributed by atoms with E-state index < -0.39 is 0 Å². The van der Waals surface area contributed by atoms with Crippen molar-refractivity contribution in [3.63, 3.8) is 0 Å². The molecule has 1 rings (SSSR count). The lowest BCUT2D eigenvalue weighted by atomic mass is 9.95. The normalized spacial score (nSPS) is 12.8. The summed E-state index contributed by atoms with van der Waals surface area (Å²) in [5.74, 6) is 0.218. The maximum absolute atomic E-state index is 11.7. The first-order valence-electron chi connectivity index (χ1n) is 5.60. The van der Waals surface area contributed by atoms with Gasteiger partial charge in [-0.15, -0.1) is 0 Å². The van der Waals surface area contributed by atoms with Crippen molar-refractivity contribution in [3.8, 4) is 0 Å². The number of aromatic nitrogens is 2. The van der Waals surface area contributed by atoms with E-state index in [2.05, 4.69) is 15.3 Å². The molecule has 1 amide bonds. The number of hydrogen-bond donors (Lipinski definition) is 3. The van der Waals surface area contributed by atoms with E-state index in [0.29, 0.717) is 13.1 Å². The molecule has 1 heterocycles. The first kappa shape index (κ1) is 12.7. The van der Waals surface area contributed by atoms with Crippen LogP contribution < -0.4 is 11.1 Å². The molecule has 0 aliphatic heterocycles. The molecular formula is C11H20N4O. The van der Waals surface area contributed by atoms with Gasteiger partial charge in [-0.2, -0.15) is 0 Å². The molecule has 1 aromatic heterocycles. The average molecular weight is 224 g/mol. The zero-order chi connectivity index (χ0) is 12.0. The van der Waals surface area contributed by atoms with Gasteiger partial charge in [-0.25, -0.2) is 4.98 Å². The Labute approximate surface area is 95.8 Å². The molecule has 0 saturated carbocycles. The molecule has 1 aromatic rings. The minimum Gasteiger partial charge on any atom is -0.355 e. The lowest BCUT2D eigenvalue weighted by molar-refractivity contribution is -0.125. The molecule has 0 bridgehead atoms. The highest BCUT2D eigenvalue weighted by atomic mass is 16.1. The van der Waals surface area contributed by atoms with Crippen molar-refractivity contribution >= 4 is 5.91 Å². The second-order valence-corrected chi connectivity index (χ2v) is 4.20. The first-order chi connectivity index (χ1) is 7.65. The van der Waals surface area contributed by atoms with Crippen LogP contribution in [0, 0.1) is 11.8 Å². The molecule has 0 saturated heterocycles. The largest absolute Gasteiger partial charge is 0.355 e. The summed E-state index contributed by atoms with van der Waals surface area (Å²) in [5, 5.41) is 2.89. The van der Waals surface area contributed by atoms with Crippen LogP contribution in [0.4, 0.5) is 0 Å². The Hall–Kier alpha value is -1.36. The minimum absolute atomic E-state index is 0.0389. The maximum Gasteiger partial charge on any atom is 0.224 e. The highest BCUT2D eigenvalue weighted by molar-refractivity contribution is 5.79. The van der Waals surface area contributed by atoms with Crippen molar-refractivity contribution in [2.75, 3.05) is 13.1 Å². The Morgan fingerprint density at radius 1 is 1.62 bits per heavy atom. The van der Waals surface area contributed by atoms with E-state index in [0.717, 1.165) is 12.1 Å². The van der Waals surface area contributed by atoms with Gasteiger partial charge in [0.15, 0.2) is 0 Å². The van der Waals surface area contributed by atoms with Gasteiger partial charge < -0.3 is 16.0 Å². The SMILES string of the molecule is CC(C)C(CN)C(=O)NCCc1cnc[nH]1. The smallest absolute Gasteiger partial charge is 0.224 e. The van der Waals surface area contributed by atoms with Crippen molar-refractivity contribution in [2.45, 2.75) is 20.3 Å². The lowest BCUT2D eigenvalue weighted by Gasteiger charge is -2.17. The third kappa shape index (κ3) is 3.66. The van der Waals surface area contributed by atoms with Crippen molar-refractivity contribution in [2.24, 2.45) is 17.6 Å². The van der Waals surface area contributed by atoms with Crippen LogP contribution in [0.15, 0.2) is 12.5 Å². The van der Waals surface area contributed by atoms with Gasteiger partial charge in [0, 0.05) is 31.4 Å². The summed E-state index contributed by atoms with van der Waals surface area (Å²) in [5.41, 5.74) is 6.59. The topological polar surface area (TPSA) is 83.8 Å². The van der Waals surface area contributed by atoms with Crippen LogP contribution in [-0.4, -0.2) is 29.0 Å². The van der Waals surface area contributed by atoms with Crippen molar-refractivity contribution in [1.82, 2.24) is 15.3 Å². The maximum atomic E-state index is 11.7. The van der Waals surface area contributed by atoms with Crippen LogP contribution in [0.1, 0.15) is 19.5 Å². The Kier molecular flexibility index (Phi) is 4.98. The number of nitrogens with zero attached hydrogens (tertiary/aromatic N) is 1. The monoisotopic (exact) mass is 224 g/mol. The summed E-state index contributed by atoms with van der Waals surface area (Å²) >= 11 is 0. The van der Waals surface area contributed by atoms with E-state index in [1.165, 1.54) is 0 Å². The quantitative estimate of drug-likeness (QED) is 0.649. The third-order valence-corrected chi connectivity index (χ3v) is 2.64. The summed E-state index contributed by atoms with van der Waals surface area (Å²) < 4.78 is 0. The number of hydrogen-bond acceptors (Lipinski definition) is 3. The zero-order valence-electron chi connectivity index (χ0n) is 9.86. The van der Waals surface area contributed by atoms with Crippen LogP contribution in [0.25, 0.3) is 0 Å². The number of H-pyrrole nitrogens is 1. The molecule has 1 atom stereocenters. The van der Waals surface area contributed by atoms with E-state index in [-0.39, 0.29) is 17.7 Å². The molecule has 4 N–H and O–H groups in total. The summed E-state index contributed by atoms with van der Waals surface area (Å²) in [6.45, 7) is 5.02. The molecule has 0 aliphatic carbocycles. The summed E-state index contributed by atoms with van der Waals surface area (Å²) in [6, 6.07) is 0. The molecule has 90 valence electrons. The van der Waals surface area contributed by atoms with Gasteiger partial charge in [0.1, 0.15) is 0 Å². The van der Waals surface area contributed by atoms with Gasteiger partial charge in [-0.3, -0.25) is 4.79 Å². The van der Waals surface area contributed by atoms with Gasteiger partial charge in [0.25, 0.3) is 0 Å². The molecule has 0 radical (unpaired) electrons. The summed E-state index contributed by atoms with van der Waals surface area (Å²) in [6.07, 6.45) is 4.16. The van der Waals surface area contributed by atoms with E-state index in [9.17, 15) is 4.79 Å². The fraction of sp³-hybridized carbons (Fsp3) is 0.636. The van der Waals surface area contributed by atoms with Crippen LogP contribution in [0.5, 0.6) is 0 Å². The lowest BCUT2D eigenvalue weighted by Crippen LogP contribution is -2.38. The molecule has 0 fully saturated rings. The molecule has 1 unspecified atom stereocenters. The highest BCUT2D eigenvalue weighted by Gasteiger charge is 2.19. The average Bonchev–Trinajstić information content (AvgIpc) is 2.71. The predicted octanol–water partition coefficient (Wildman–Crippen LogP) is 0.299. The Bertz CT molecular complexity index is 308. The minimum atomic E-state index is -0.0956. The molecule has 0 aliphatic rings. The fourth-order valence-electron chi connectivity index (χ4n) is 1.55. The Morgan fingerprint density at radius 3 is 2.88 bits per heavy atom. The van der Waals surface area contributed by atoms with E-state index in [4.69, 9.17) is 5.73 Å². The molecule has 0 spiro atoms. The number of nitrogens with one attached hydrogen (secondary N) is 2. The number of nitrogens with two attached hydrogens (primary N) is 1. The molecule has 0 aromatic carbocycles. The molecular weight excluding hydrogens is 204 g/mol. The molecule has 5 heteroatoms. The second-order valence-electron chi connectivity index (χ2n) is 4.20. The summed E-state index contributed by atoms with van der Waals surface area (Å²) in [7, 11) is 0. The number of aromatic amines is 1. The van der Waals surface area contributed by atoms with Gasteiger partial charge in [0.2, 0.25) is 5.91 Å². The summed E-state index contributed by atoms with van der Waals surface area (Å²) in [4.78, 5) is 18.6. The van der Waals surface area contributed by atoms with Gasteiger partial charge in [-0.05, 0) is 5.92 Å². The molecule has 16 heavy (non-hydrogen) atoms. The van der Waals surface area contributed by atoms with Crippen molar-refractivity contribution in [3.05, 3.63) is 18.2 Å². The van der Waals surface area contributed by atoms with Crippen LogP contribution in [0.3, 0.4) is 0 Å². The van der Waals surface area contributed by atoms with Gasteiger partial charge >= 0.3 is 0 Å². The van der Waals surface area contributed by atoms with Crippen LogP contribution in [-0.2, 0) is 11.2 Å². The number of rotatable bonds is 6. The Balaban J connectivity index is 2.29. The van der Waals surface area contributed by atoms with Gasteiger partial charge in [-0.1, -0.05) is 13.8 Å². The number of imidazole rings is 1.